The second-order valence-electron chi connectivity index (χ2n) is 5.01. The van der Waals surface area contributed by atoms with Crippen LogP contribution in [-0.4, -0.2) is 24.0 Å². The van der Waals surface area contributed by atoms with Crippen LogP contribution < -0.4 is 0 Å². The Balaban J connectivity index is 2.47. The fraction of sp³-hybridized carbons (Fsp3) is 0.467. The van der Waals surface area contributed by atoms with Crippen LogP contribution in [0.4, 0.5) is 0 Å². The van der Waals surface area contributed by atoms with Crippen molar-refractivity contribution >= 4 is 11.1 Å². The molecule has 0 amide bonds. The standard InChI is InChI=1S/C15H19N3O/c1-5-11(9-16)15(18(3)4)12-6-7-14-13(8-12)17-10(2)19-14/h6-8,11,15H,5H2,1-4H3. The summed E-state index contributed by atoms with van der Waals surface area (Å²) in [6.07, 6.45) is 0.829. The van der Waals surface area contributed by atoms with Crippen LogP contribution in [0.15, 0.2) is 22.6 Å². The van der Waals surface area contributed by atoms with Crippen LogP contribution >= 0.6 is 0 Å². The van der Waals surface area contributed by atoms with Crippen molar-refractivity contribution in [2.45, 2.75) is 26.3 Å². The van der Waals surface area contributed by atoms with Gasteiger partial charge in [0.1, 0.15) is 5.52 Å². The number of aryl methyl sites for hydroxylation is 1. The van der Waals surface area contributed by atoms with Gasteiger partial charge >= 0.3 is 0 Å². The minimum Gasteiger partial charge on any atom is -0.441 e. The Labute approximate surface area is 113 Å². The lowest BCUT2D eigenvalue weighted by Crippen LogP contribution is -2.26. The number of hydrogen-bond donors (Lipinski definition) is 0. The molecule has 4 nitrogen and oxygen atoms in total. The van der Waals surface area contributed by atoms with E-state index >= 15 is 0 Å². The molecule has 1 heterocycles. The van der Waals surface area contributed by atoms with Crippen molar-refractivity contribution in [3.05, 3.63) is 29.7 Å². The van der Waals surface area contributed by atoms with Gasteiger partial charge in [-0.1, -0.05) is 13.0 Å². The number of nitrogens with zero attached hydrogens (tertiary/aromatic N) is 3. The lowest BCUT2D eigenvalue weighted by atomic mass is 9.91. The Bertz CT molecular complexity index is 609. The summed E-state index contributed by atoms with van der Waals surface area (Å²) < 4.78 is 5.49. The normalized spacial score (nSPS) is 14.5. The molecule has 100 valence electrons. The van der Waals surface area contributed by atoms with E-state index < -0.39 is 0 Å². The maximum atomic E-state index is 9.31. The Kier molecular flexibility index (Phi) is 3.87. The van der Waals surface area contributed by atoms with Gasteiger partial charge in [0.15, 0.2) is 11.5 Å². The molecule has 2 aromatic rings. The van der Waals surface area contributed by atoms with Crippen LogP contribution in [0.1, 0.15) is 30.8 Å². The zero-order chi connectivity index (χ0) is 14.0. The number of rotatable bonds is 4. The number of oxazole rings is 1. The largest absolute Gasteiger partial charge is 0.441 e. The first kappa shape index (κ1) is 13.6. The summed E-state index contributed by atoms with van der Waals surface area (Å²) in [7, 11) is 4.01. The van der Waals surface area contributed by atoms with Crippen LogP contribution in [0.2, 0.25) is 0 Å². The van der Waals surface area contributed by atoms with E-state index in [2.05, 4.69) is 16.0 Å². The average molecular weight is 257 g/mol. The summed E-state index contributed by atoms with van der Waals surface area (Å²) in [6.45, 7) is 3.89. The van der Waals surface area contributed by atoms with Gasteiger partial charge in [0.05, 0.1) is 18.0 Å². The average Bonchev–Trinajstić information content (AvgIpc) is 2.74. The van der Waals surface area contributed by atoms with Crippen molar-refractivity contribution in [2.75, 3.05) is 14.1 Å². The quantitative estimate of drug-likeness (QED) is 0.843. The highest BCUT2D eigenvalue weighted by Gasteiger charge is 2.24. The molecule has 0 aliphatic carbocycles. The first-order chi connectivity index (χ1) is 9.06. The third-order valence-corrected chi connectivity index (χ3v) is 3.40. The Morgan fingerprint density at radius 2 is 2.16 bits per heavy atom. The smallest absolute Gasteiger partial charge is 0.192 e. The predicted octanol–water partition coefficient (Wildman–Crippen LogP) is 3.29. The van der Waals surface area contributed by atoms with Crippen LogP contribution in [0.5, 0.6) is 0 Å². The number of benzene rings is 1. The van der Waals surface area contributed by atoms with Gasteiger partial charge in [-0.2, -0.15) is 5.26 Å². The Hall–Kier alpha value is -1.86. The summed E-state index contributed by atoms with van der Waals surface area (Å²) in [4.78, 5) is 6.45. The Morgan fingerprint density at radius 1 is 1.42 bits per heavy atom. The third-order valence-electron chi connectivity index (χ3n) is 3.40. The van der Waals surface area contributed by atoms with Gasteiger partial charge in [0, 0.05) is 6.92 Å². The molecule has 0 aliphatic rings. The molecule has 2 rings (SSSR count). The van der Waals surface area contributed by atoms with Gasteiger partial charge in [-0.05, 0) is 38.2 Å². The van der Waals surface area contributed by atoms with E-state index in [-0.39, 0.29) is 12.0 Å². The van der Waals surface area contributed by atoms with Crippen molar-refractivity contribution in [1.29, 1.82) is 5.26 Å². The summed E-state index contributed by atoms with van der Waals surface area (Å²) >= 11 is 0. The fourth-order valence-electron chi connectivity index (χ4n) is 2.52. The SMILES string of the molecule is CCC(C#N)C(c1ccc2oc(C)nc2c1)N(C)C. The summed E-state index contributed by atoms with van der Waals surface area (Å²) in [5, 5.41) is 9.31. The predicted molar refractivity (Wildman–Crippen MR) is 74.6 cm³/mol. The number of aromatic nitrogens is 1. The highest BCUT2D eigenvalue weighted by atomic mass is 16.3. The summed E-state index contributed by atoms with van der Waals surface area (Å²) in [6, 6.07) is 8.46. The molecule has 0 radical (unpaired) electrons. The molecular formula is C15H19N3O. The van der Waals surface area contributed by atoms with E-state index in [0.717, 1.165) is 23.1 Å². The van der Waals surface area contributed by atoms with Crippen LogP contribution in [0, 0.1) is 24.2 Å². The second kappa shape index (κ2) is 5.41. The van der Waals surface area contributed by atoms with Crippen molar-refractivity contribution < 1.29 is 4.42 Å². The van der Waals surface area contributed by atoms with Gasteiger partial charge in [0.2, 0.25) is 0 Å². The molecule has 1 aromatic carbocycles. The van der Waals surface area contributed by atoms with Crippen LogP contribution in [-0.2, 0) is 0 Å². The first-order valence-corrected chi connectivity index (χ1v) is 6.50. The Morgan fingerprint density at radius 3 is 2.74 bits per heavy atom. The zero-order valence-electron chi connectivity index (χ0n) is 11.8. The molecule has 0 aliphatic heterocycles. The molecule has 0 saturated heterocycles. The number of fused-ring (bicyclic) bond motifs is 1. The van der Waals surface area contributed by atoms with Crippen molar-refractivity contribution in [2.24, 2.45) is 5.92 Å². The molecule has 0 N–H and O–H groups in total. The second-order valence-corrected chi connectivity index (χ2v) is 5.01. The minimum atomic E-state index is -0.0274. The van der Waals surface area contributed by atoms with Crippen LogP contribution in [0.3, 0.4) is 0 Å². The van der Waals surface area contributed by atoms with Crippen molar-refractivity contribution in [1.82, 2.24) is 9.88 Å². The first-order valence-electron chi connectivity index (χ1n) is 6.50. The summed E-state index contributed by atoms with van der Waals surface area (Å²) in [5.41, 5.74) is 2.76. The van der Waals surface area contributed by atoms with E-state index in [0.29, 0.717) is 5.89 Å². The highest BCUT2D eigenvalue weighted by Crippen LogP contribution is 2.30. The van der Waals surface area contributed by atoms with E-state index in [1.54, 1.807) is 0 Å². The maximum Gasteiger partial charge on any atom is 0.192 e. The van der Waals surface area contributed by atoms with Gasteiger partial charge in [-0.25, -0.2) is 4.98 Å². The molecule has 0 bridgehead atoms. The molecule has 2 atom stereocenters. The zero-order valence-corrected chi connectivity index (χ0v) is 11.8. The molecule has 0 spiro atoms. The van der Waals surface area contributed by atoms with Gasteiger partial charge in [-0.15, -0.1) is 0 Å². The van der Waals surface area contributed by atoms with E-state index in [9.17, 15) is 5.26 Å². The van der Waals surface area contributed by atoms with E-state index in [1.165, 1.54) is 0 Å². The van der Waals surface area contributed by atoms with Gasteiger partial charge < -0.3 is 9.32 Å². The molecule has 1 aromatic heterocycles. The maximum absolute atomic E-state index is 9.31. The molecule has 2 unspecified atom stereocenters. The number of hydrogen-bond acceptors (Lipinski definition) is 4. The lowest BCUT2D eigenvalue weighted by molar-refractivity contribution is 0.241. The topological polar surface area (TPSA) is 53.1 Å². The molecule has 0 fully saturated rings. The van der Waals surface area contributed by atoms with Crippen LogP contribution in [0.25, 0.3) is 11.1 Å². The monoisotopic (exact) mass is 257 g/mol. The molecule has 19 heavy (non-hydrogen) atoms. The highest BCUT2D eigenvalue weighted by molar-refractivity contribution is 5.73. The molecule has 0 saturated carbocycles. The van der Waals surface area contributed by atoms with Crippen molar-refractivity contribution in [3.8, 4) is 6.07 Å². The number of nitriles is 1. The molecular weight excluding hydrogens is 238 g/mol. The van der Waals surface area contributed by atoms with Gasteiger partial charge in [0.25, 0.3) is 0 Å². The van der Waals surface area contributed by atoms with Crippen molar-refractivity contribution in [3.63, 3.8) is 0 Å². The van der Waals surface area contributed by atoms with E-state index in [1.807, 2.05) is 46.1 Å². The summed E-state index contributed by atoms with van der Waals surface area (Å²) in [5.74, 6) is 0.640. The fourth-order valence-corrected chi connectivity index (χ4v) is 2.52. The van der Waals surface area contributed by atoms with E-state index in [4.69, 9.17) is 4.42 Å². The van der Waals surface area contributed by atoms with Gasteiger partial charge in [-0.3, -0.25) is 0 Å². The minimum absolute atomic E-state index is 0.0274. The lowest BCUT2D eigenvalue weighted by Gasteiger charge is -2.28. The third kappa shape index (κ3) is 2.61. The molecule has 4 heteroatoms.